The van der Waals surface area contributed by atoms with Crippen LogP contribution in [0.3, 0.4) is 0 Å². The van der Waals surface area contributed by atoms with Gasteiger partial charge in [-0.2, -0.15) is 0 Å². The Labute approximate surface area is 129 Å². The second-order valence-electron chi connectivity index (χ2n) is 3.91. The van der Waals surface area contributed by atoms with Gasteiger partial charge in [0.25, 0.3) is 0 Å². The number of hydrogen-bond acceptors (Lipinski definition) is 3. The Balaban J connectivity index is 2.40. The molecule has 0 amide bonds. The van der Waals surface area contributed by atoms with Gasteiger partial charge >= 0.3 is 0 Å². The maximum Gasteiger partial charge on any atom is 0.180 e. The minimum atomic E-state index is -0.575. The summed E-state index contributed by atoms with van der Waals surface area (Å²) in [6.45, 7) is 0. The largest absolute Gasteiger partial charge is 0.453 e. The third-order valence-corrected chi connectivity index (χ3v) is 4.18. The molecule has 0 fully saturated rings. The fourth-order valence-electron chi connectivity index (χ4n) is 1.64. The second kappa shape index (κ2) is 6.28. The van der Waals surface area contributed by atoms with Crippen molar-refractivity contribution in [2.45, 2.75) is 4.90 Å². The lowest BCUT2D eigenvalue weighted by atomic mass is 10.2. The van der Waals surface area contributed by atoms with E-state index in [1.165, 1.54) is 17.8 Å². The van der Waals surface area contributed by atoms with Gasteiger partial charge in [0.15, 0.2) is 11.6 Å². The Kier molecular flexibility index (Phi) is 4.67. The van der Waals surface area contributed by atoms with E-state index in [-0.39, 0.29) is 16.1 Å². The highest BCUT2D eigenvalue weighted by Gasteiger charge is 2.15. The molecule has 0 spiro atoms. The third kappa shape index (κ3) is 2.96. The van der Waals surface area contributed by atoms with Crippen molar-refractivity contribution >= 4 is 33.5 Å². The molecule has 0 atom stereocenters. The Hall–Kier alpha value is -1.53. The molecule has 0 saturated heterocycles. The van der Waals surface area contributed by atoms with E-state index in [0.29, 0.717) is 11.3 Å². The van der Waals surface area contributed by atoms with Crippen LogP contribution in [0, 0.1) is 11.2 Å². The molecule has 2 aromatic rings. The average Bonchev–Trinajstić information content (AvgIpc) is 2.44. The molecule has 104 valence electrons. The molecular formula is C14H12BrFN2OS. The summed E-state index contributed by atoms with van der Waals surface area (Å²) in [4.78, 5) is 0.915. The van der Waals surface area contributed by atoms with Crippen molar-refractivity contribution in [3.63, 3.8) is 0 Å². The predicted molar refractivity (Wildman–Crippen MR) is 83.4 cm³/mol. The first-order valence-corrected chi connectivity index (χ1v) is 7.69. The standard InChI is InChI=1S/C14H12BrFN2OS/c1-20-11-5-3-2-4-9(11)19-10-7-6-8(14(17)18)12(15)13(10)16/h2-7H,1H3,(H3,17,18). The van der Waals surface area contributed by atoms with Gasteiger partial charge in [-0.05, 0) is 46.5 Å². The first-order valence-electron chi connectivity index (χ1n) is 5.68. The Bertz CT molecular complexity index is 664. The quantitative estimate of drug-likeness (QED) is 0.486. The Morgan fingerprint density at radius 3 is 2.60 bits per heavy atom. The number of benzene rings is 2. The molecule has 0 aliphatic rings. The van der Waals surface area contributed by atoms with E-state index in [4.69, 9.17) is 15.9 Å². The summed E-state index contributed by atoms with van der Waals surface area (Å²) in [6.07, 6.45) is 1.92. The van der Waals surface area contributed by atoms with E-state index in [1.807, 2.05) is 24.5 Å². The van der Waals surface area contributed by atoms with Gasteiger partial charge < -0.3 is 10.5 Å². The van der Waals surface area contributed by atoms with Crippen LogP contribution in [-0.4, -0.2) is 12.1 Å². The molecule has 6 heteroatoms. The topological polar surface area (TPSA) is 59.1 Å². The summed E-state index contributed by atoms with van der Waals surface area (Å²) in [5, 5.41) is 7.37. The van der Waals surface area contributed by atoms with Crippen LogP contribution in [0.25, 0.3) is 0 Å². The summed E-state index contributed by atoms with van der Waals surface area (Å²) in [7, 11) is 0. The maximum atomic E-state index is 14.2. The fraction of sp³-hybridized carbons (Fsp3) is 0.0714. The van der Waals surface area contributed by atoms with E-state index in [0.717, 1.165) is 4.90 Å². The van der Waals surface area contributed by atoms with E-state index in [9.17, 15) is 4.39 Å². The Morgan fingerprint density at radius 2 is 1.95 bits per heavy atom. The lowest BCUT2D eigenvalue weighted by Crippen LogP contribution is -2.12. The molecule has 0 saturated carbocycles. The SMILES string of the molecule is CSc1ccccc1Oc1ccc(C(=N)N)c(Br)c1F. The number of rotatable bonds is 4. The van der Waals surface area contributed by atoms with Crippen LogP contribution < -0.4 is 10.5 Å². The number of nitrogens with one attached hydrogen (secondary N) is 1. The number of amidine groups is 1. The summed E-state index contributed by atoms with van der Waals surface area (Å²) in [6, 6.07) is 10.4. The summed E-state index contributed by atoms with van der Waals surface area (Å²) in [5.41, 5.74) is 5.67. The van der Waals surface area contributed by atoms with Gasteiger partial charge in [0.1, 0.15) is 11.6 Å². The third-order valence-electron chi connectivity index (χ3n) is 2.63. The average molecular weight is 355 g/mol. The van der Waals surface area contributed by atoms with Crippen molar-refractivity contribution in [2.75, 3.05) is 6.26 Å². The number of ether oxygens (including phenoxy) is 1. The maximum absolute atomic E-state index is 14.2. The highest BCUT2D eigenvalue weighted by Crippen LogP contribution is 2.35. The molecular weight excluding hydrogens is 343 g/mol. The van der Waals surface area contributed by atoms with Crippen LogP contribution in [-0.2, 0) is 0 Å². The van der Waals surface area contributed by atoms with Crippen molar-refractivity contribution in [2.24, 2.45) is 5.73 Å². The number of hydrogen-bond donors (Lipinski definition) is 2. The monoisotopic (exact) mass is 354 g/mol. The molecule has 0 radical (unpaired) electrons. The predicted octanol–water partition coefficient (Wildman–Crippen LogP) is 4.39. The zero-order valence-corrected chi connectivity index (χ0v) is 13.0. The highest BCUT2D eigenvalue weighted by molar-refractivity contribution is 9.10. The van der Waals surface area contributed by atoms with Crippen molar-refractivity contribution < 1.29 is 9.13 Å². The molecule has 3 N–H and O–H groups in total. The minimum absolute atomic E-state index is 0.0865. The van der Waals surface area contributed by atoms with Crippen LogP contribution in [0.1, 0.15) is 5.56 Å². The number of halogens is 2. The van der Waals surface area contributed by atoms with E-state index >= 15 is 0 Å². The van der Waals surface area contributed by atoms with Crippen LogP contribution in [0.15, 0.2) is 45.8 Å². The molecule has 0 aliphatic heterocycles. The summed E-state index contributed by atoms with van der Waals surface area (Å²) < 4.78 is 20.0. The molecule has 2 aromatic carbocycles. The number of thioether (sulfide) groups is 1. The first kappa shape index (κ1) is 14.9. The molecule has 0 heterocycles. The van der Waals surface area contributed by atoms with Gasteiger partial charge in [-0.3, -0.25) is 5.41 Å². The zero-order valence-electron chi connectivity index (χ0n) is 10.6. The Morgan fingerprint density at radius 1 is 1.25 bits per heavy atom. The van der Waals surface area contributed by atoms with Gasteiger partial charge in [-0.25, -0.2) is 4.39 Å². The lowest BCUT2D eigenvalue weighted by molar-refractivity contribution is 0.432. The smallest absolute Gasteiger partial charge is 0.180 e. The highest BCUT2D eigenvalue weighted by atomic mass is 79.9. The van der Waals surface area contributed by atoms with Crippen molar-refractivity contribution in [3.05, 3.63) is 52.3 Å². The normalized spacial score (nSPS) is 10.3. The van der Waals surface area contributed by atoms with E-state index in [2.05, 4.69) is 15.9 Å². The number of nitrogens with two attached hydrogens (primary N) is 1. The van der Waals surface area contributed by atoms with Crippen LogP contribution in [0.4, 0.5) is 4.39 Å². The van der Waals surface area contributed by atoms with Crippen molar-refractivity contribution in [1.29, 1.82) is 5.41 Å². The van der Waals surface area contributed by atoms with Crippen molar-refractivity contribution in [1.82, 2.24) is 0 Å². The van der Waals surface area contributed by atoms with E-state index < -0.39 is 5.82 Å². The minimum Gasteiger partial charge on any atom is -0.453 e. The fourth-order valence-corrected chi connectivity index (χ4v) is 2.71. The van der Waals surface area contributed by atoms with Gasteiger partial charge in [-0.1, -0.05) is 12.1 Å². The zero-order chi connectivity index (χ0) is 14.7. The molecule has 3 nitrogen and oxygen atoms in total. The van der Waals surface area contributed by atoms with Crippen LogP contribution in [0.5, 0.6) is 11.5 Å². The van der Waals surface area contributed by atoms with Gasteiger partial charge in [0.05, 0.1) is 4.47 Å². The number of para-hydroxylation sites is 1. The second-order valence-corrected chi connectivity index (χ2v) is 5.55. The molecule has 0 bridgehead atoms. The van der Waals surface area contributed by atoms with Gasteiger partial charge in [0.2, 0.25) is 0 Å². The lowest BCUT2D eigenvalue weighted by Gasteiger charge is -2.12. The molecule has 20 heavy (non-hydrogen) atoms. The van der Waals surface area contributed by atoms with Crippen LogP contribution >= 0.6 is 27.7 Å². The summed E-state index contributed by atoms with van der Waals surface area (Å²) >= 11 is 4.62. The van der Waals surface area contributed by atoms with Crippen LogP contribution in [0.2, 0.25) is 0 Å². The summed E-state index contributed by atoms with van der Waals surface area (Å²) in [5.74, 6) is -0.106. The number of nitrogen functional groups attached to an aromatic ring is 1. The first-order chi connectivity index (χ1) is 9.54. The molecule has 0 aromatic heterocycles. The van der Waals surface area contributed by atoms with E-state index in [1.54, 1.807) is 12.1 Å². The van der Waals surface area contributed by atoms with Gasteiger partial charge in [-0.15, -0.1) is 11.8 Å². The molecule has 2 rings (SSSR count). The molecule has 0 unspecified atom stereocenters. The van der Waals surface area contributed by atoms with Crippen molar-refractivity contribution in [3.8, 4) is 11.5 Å². The van der Waals surface area contributed by atoms with Gasteiger partial charge in [0, 0.05) is 10.5 Å². The molecule has 0 aliphatic carbocycles.